The van der Waals surface area contributed by atoms with Crippen molar-refractivity contribution in [3.8, 4) is 11.1 Å². The van der Waals surface area contributed by atoms with Gasteiger partial charge in [0.15, 0.2) is 29.1 Å². The fourth-order valence-corrected chi connectivity index (χ4v) is 4.94. The minimum atomic E-state index is -1.76. The molecule has 6 heteroatoms. The van der Waals surface area contributed by atoms with Crippen LogP contribution in [0.5, 0.6) is 0 Å². The van der Waals surface area contributed by atoms with Crippen LogP contribution >= 0.6 is 0 Å². The second kappa shape index (κ2) is 10.7. The highest BCUT2D eigenvalue weighted by atomic mass is 19.2. The molecule has 1 aliphatic carbocycles. The summed E-state index contributed by atoms with van der Waals surface area (Å²) in [6, 6.07) is 11.4. The van der Waals surface area contributed by atoms with Crippen molar-refractivity contribution in [2.45, 2.75) is 51.4 Å². The molecule has 0 radical (unpaired) electrons. The molecule has 0 N–H and O–H groups in total. The van der Waals surface area contributed by atoms with E-state index in [-0.39, 0.29) is 11.4 Å². The lowest BCUT2D eigenvalue weighted by molar-refractivity contribution is 0.308. The predicted molar refractivity (Wildman–Crippen MR) is 127 cm³/mol. The van der Waals surface area contributed by atoms with E-state index in [4.69, 9.17) is 0 Å². The van der Waals surface area contributed by atoms with Gasteiger partial charge < -0.3 is 0 Å². The molecule has 35 heavy (non-hydrogen) atoms. The lowest BCUT2D eigenvalue weighted by Crippen LogP contribution is -2.13. The van der Waals surface area contributed by atoms with E-state index in [0.717, 1.165) is 37.2 Å². The van der Waals surface area contributed by atoms with Crippen molar-refractivity contribution in [3.63, 3.8) is 0 Å². The molecule has 3 aromatic carbocycles. The van der Waals surface area contributed by atoms with Crippen LogP contribution in [0.1, 0.15) is 68.1 Å². The third-order valence-electron chi connectivity index (χ3n) is 6.89. The summed E-state index contributed by atoms with van der Waals surface area (Å²) in [5, 5.41) is 0. The van der Waals surface area contributed by atoms with Crippen molar-refractivity contribution in [2.75, 3.05) is 0 Å². The Labute approximate surface area is 201 Å². The molecule has 0 spiro atoms. The van der Waals surface area contributed by atoms with Crippen LogP contribution in [-0.2, 0) is 0 Å². The van der Waals surface area contributed by atoms with Crippen molar-refractivity contribution < 1.29 is 26.3 Å². The van der Waals surface area contributed by atoms with Crippen molar-refractivity contribution in [2.24, 2.45) is 5.92 Å². The van der Waals surface area contributed by atoms with Crippen LogP contribution in [-0.4, -0.2) is 0 Å². The van der Waals surface area contributed by atoms with Crippen molar-refractivity contribution in [3.05, 3.63) is 94.6 Å². The zero-order chi connectivity index (χ0) is 25.1. The molecule has 0 atom stereocenters. The molecule has 0 amide bonds. The van der Waals surface area contributed by atoms with Crippen LogP contribution in [0.2, 0.25) is 0 Å². The molecule has 184 valence electrons. The molecule has 1 fully saturated rings. The van der Waals surface area contributed by atoms with Crippen LogP contribution in [0, 0.1) is 29.2 Å². The topological polar surface area (TPSA) is 0 Å². The van der Waals surface area contributed by atoms with Gasteiger partial charge in [-0.1, -0.05) is 56.2 Å². The second-order valence-electron chi connectivity index (χ2n) is 9.20. The van der Waals surface area contributed by atoms with Crippen molar-refractivity contribution in [1.82, 2.24) is 0 Å². The van der Waals surface area contributed by atoms with Crippen molar-refractivity contribution in [1.29, 1.82) is 0 Å². The van der Waals surface area contributed by atoms with Crippen LogP contribution in [0.3, 0.4) is 0 Å². The highest BCUT2D eigenvalue weighted by molar-refractivity contribution is 5.83. The van der Waals surface area contributed by atoms with E-state index in [1.165, 1.54) is 37.1 Å². The lowest BCUT2D eigenvalue weighted by Gasteiger charge is -2.28. The smallest absolute Gasteiger partial charge is 0.194 e. The Morgan fingerprint density at radius 1 is 0.714 bits per heavy atom. The third kappa shape index (κ3) is 5.47. The normalized spacial score (nSPS) is 18.9. The average molecular weight is 489 g/mol. The van der Waals surface area contributed by atoms with Gasteiger partial charge in [-0.05, 0) is 66.8 Å². The Hall–Kier alpha value is -3.02. The maximum Gasteiger partial charge on any atom is 0.194 e. The van der Waals surface area contributed by atoms with Crippen LogP contribution in [0.15, 0.2) is 54.6 Å². The maximum absolute atomic E-state index is 15.0. The molecule has 1 saturated carbocycles. The van der Waals surface area contributed by atoms with E-state index in [2.05, 4.69) is 6.92 Å². The summed E-state index contributed by atoms with van der Waals surface area (Å²) < 4.78 is 83.9. The van der Waals surface area contributed by atoms with Gasteiger partial charge in [-0.25, -0.2) is 26.3 Å². The van der Waals surface area contributed by atoms with E-state index < -0.39 is 34.7 Å². The van der Waals surface area contributed by atoms with Gasteiger partial charge in [-0.2, -0.15) is 0 Å². The first kappa shape index (κ1) is 25.1. The number of rotatable bonds is 6. The molecule has 3 aromatic rings. The molecular weight excluding hydrogens is 462 g/mol. The van der Waals surface area contributed by atoms with Gasteiger partial charge >= 0.3 is 0 Å². The molecule has 1 aliphatic rings. The van der Waals surface area contributed by atoms with E-state index in [1.807, 2.05) is 6.07 Å². The first-order chi connectivity index (χ1) is 16.8. The summed E-state index contributed by atoms with van der Waals surface area (Å²) in [7, 11) is 0. The highest BCUT2D eigenvalue weighted by Gasteiger charge is 2.23. The predicted octanol–water partition coefficient (Wildman–Crippen LogP) is 9.75. The Bertz CT molecular complexity index is 1200. The van der Waals surface area contributed by atoms with Gasteiger partial charge in [0.05, 0.1) is 0 Å². The number of benzene rings is 3. The largest absolute Gasteiger partial charge is 0.206 e. The van der Waals surface area contributed by atoms with Crippen molar-refractivity contribution >= 4 is 11.7 Å². The number of hydrogen-bond acceptors (Lipinski definition) is 0. The summed E-state index contributed by atoms with van der Waals surface area (Å²) in [4.78, 5) is 0. The molecule has 0 saturated heterocycles. The molecule has 0 bridgehead atoms. The van der Waals surface area contributed by atoms with Gasteiger partial charge in [0.1, 0.15) is 5.82 Å². The number of hydrogen-bond donors (Lipinski definition) is 0. The zero-order valence-corrected chi connectivity index (χ0v) is 19.4. The Balaban J connectivity index is 1.52. The van der Waals surface area contributed by atoms with Crippen LogP contribution in [0.25, 0.3) is 22.8 Å². The fourth-order valence-electron chi connectivity index (χ4n) is 4.94. The van der Waals surface area contributed by atoms with Crippen LogP contribution < -0.4 is 0 Å². The Morgan fingerprint density at radius 3 is 1.89 bits per heavy atom. The highest BCUT2D eigenvalue weighted by Crippen LogP contribution is 2.39. The first-order valence-electron chi connectivity index (χ1n) is 11.9. The molecular formula is C29H26F6. The van der Waals surface area contributed by atoms with E-state index >= 15 is 0 Å². The second-order valence-corrected chi connectivity index (χ2v) is 9.20. The van der Waals surface area contributed by atoms with E-state index in [1.54, 1.807) is 12.1 Å². The monoisotopic (exact) mass is 488 g/mol. The SMILES string of the molecule is CCCC1CCC(c2ccc(-c3ccc(/C(F)=C(\F)c4cc(F)c(F)c(F)c4)cc3)c(F)c2)CC1. The van der Waals surface area contributed by atoms with Gasteiger partial charge in [0, 0.05) is 16.7 Å². The van der Waals surface area contributed by atoms with E-state index in [0.29, 0.717) is 29.2 Å². The molecule has 0 nitrogen and oxygen atoms in total. The van der Waals surface area contributed by atoms with Crippen LogP contribution in [0.4, 0.5) is 26.3 Å². The summed E-state index contributed by atoms with van der Waals surface area (Å²) in [5.41, 5.74) is 0.849. The third-order valence-corrected chi connectivity index (χ3v) is 6.89. The molecule has 0 unspecified atom stereocenters. The molecule has 0 aromatic heterocycles. The zero-order valence-electron chi connectivity index (χ0n) is 19.4. The molecule has 4 rings (SSSR count). The quantitative estimate of drug-likeness (QED) is 0.184. The van der Waals surface area contributed by atoms with E-state index in [9.17, 15) is 26.3 Å². The Kier molecular flexibility index (Phi) is 7.68. The van der Waals surface area contributed by atoms with Gasteiger partial charge in [0.2, 0.25) is 0 Å². The summed E-state index contributed by atoms with van der Waals surface area (Å²) in [5.74, 6) is -7.17. The molecule has 0 aliphatic heterocycles. The summed E-state index contributed by atoms with van der Waals surface area (Å²) in [6.07, 6.45) is 6.86. The Morgan fingerprint density at radius 2 is 1.31 bits per heavy atom. The standard InChI is InChI=1S/C29H26F6/c1-2-3-17-4-6-18(7-5-17)21-12-13-23(24(30)14-21)19-8-10-20(11-9-19)27(33)28(34)22-15-25(31)29(35)26(32)16-22/h8-18H,2-7H2,1H3/b28-27+. The number of halogens is 6. The maximum atomic E-state index is 15.0. The first-order valence-corrected chi connectivity index (χ1v) is 11.9. The lowest BCUT2D eigenvalue weighted by atomic mass is 9.77. The van der Waals surface area contributed by atoms with Gasteiger partial charge in [-0.3, -0.25) is 0 Å². The van der Waals surface area contributed by atoms with Gasteiger partial charge in [-0.15, -0.1) is 0 Å². The summed E-state index contributed by atoms with van der Waals surface area (Å²) >= 11 is 0. The molecule has 0 heterocycles. The van der Waals surface area contributed by atoms with Gasteiger partial charge in [0.25, 0.3) is 0 Å². The fraction of sp³-hybridized carbons (Fsp3) is 0.310. The average Bonchev–Trinajstić information content (AvgIpc) is 2.87. The minimum Gasteiger partial charge on any atom is -0.206 e. The minimum absolute atomic E-state index is 0.197. The summed E-state index contributed by atoms with van der Waals surface area (Å²) in [6.45, 7) is 2.20.